The first-order chi connectivity index (χ1) is 8.19. The molecule has 0 aromatic carbocycles. The highest BCUT2D eigenvalue weighted by Crippen LogP contribution is 2.23. The van der Waals surface area contributed by atoms with Crippen molar-refractivity contribution in [2.75, 3.05) is 6.61 Å². The third-order valence-electron chi connectivity index (χ3n) is 2.88. The summed E-state index contributed by atoms with van der Waals surface area (Å²) in [6.07, 6.45) is 3.43. The van der Waals surface area contributed by atoms with Gasteiger partial charge in [0.1, 0.15) is 0 Å². The van der Waals surface area contributed by atoms with Crippen LogP contribution in [0.4, 0.5) is 0 Å². The lowest BCUT2D eigenvalue weighted by molar-refractivity contribution is -0.00862. The van der Waals surface area contributed by atoms with Crippen LogP contribution in [0.3, 0.4) is 0 Å². The number of amides is 1. The van der Waals surface area contributed by atoms with E-state index in [1.807, 2.05) is 6.92 Å². The number of pyridine rings is 1. The number of aromatic nitrogens is 1. The van der Waals surface area contributed by atoms with Crippen molar-refractivity contribution in [1.82, 2.24) is 10.3 Å². The average molecular weight is 236 g/mol. The lowest BCUT2D eigenvalue weighted by Gasteiger charge is -2.35. The Bertz CT molecular complexity index is 429. The van der Waals surface area contributed by atoms with E-state index in [-0.39, 0.29) is 23.6 Å². The Balaban J connectivity index is 1.83. The van der Waals surface area contributed by atoms with Gasteiger partial charge >= 0.3 is 0 Å². The van der Waals surface area contributed by atoms with Gasteiger partial charge in [0.25, 0.3) is 5.91 Å². The van der Waals surface area contributed by atoms with Crippen molar-refractivity contribution < 1.29 is 9.53 Å². The van der Waals surface area contributed by atoms with Crippen LogP contribution in [0.1, 0.15) is 30.1 Å². The zero-order valence-corrected chi connectivity index (χ0v) is 9.73. The molecule has 0 bridgehead atoms. The molecule has 0 saturated heterocycles. The van der Waals surface area contributed by atoms with Gasteiger partial charge in [-0.25, -0.2) is 0 Å². The fraction of sp³-hybridized carbons (Fsp3) is 0.500. The minimum absolute atomic E-state index is 0.152. The summed E-state index contributed by atoms with van der Waals surface area (Å²) in [6, 6.07) is 3.05. The van der Waals surface area contributed by atoms with Crippen molar-refractivity contribution in [3.63, 3.8) is 0 Å². The molecule has 1 amide bonds. The third-order valence-corrected chi connectivity index (χ3v) is 2.88. The van der Waals surface area contributed by atoms with Crippen molar-refractivity contribution >= 4 is 5.91 Å². The van der Waals surface area contributed by atoms with Gasteiger partial charge in [0.05, 0.1) is 11.7 Å². The smallest absolute Gasteiger partial charge is 0.252 e. The van der Waals surface area contributed by atoms with E-state index in [1.54, 1.807) is 0 Å². The number of nitrogens with one attached hydrogen (secondary N) is 2. The number of aromatic amines is 1. The van der Waals surface area contributed by atoms with Crippen LogP contribution in [0, 0.1) is 0 Å². The molecule has 0 unspecified atom stereocenters. The molecule has 1 aliphatic rings. The molecule has 2 N–H and O–H groups in total. The first kappa shape index (κ1) is 11.9. The maximum atomic E-state index is 11.7. The molecule has 17 heavy (non-hydrogen) atoms. The van der Waals surface area contributed by atoms with E-state index in [0.717, 1.165) is 12.8 Å². The summed E-state index contributed by atoms with van der Waals surface area (Å²) in [7, 11) is 0. The molecule has 2 rings (SSSR count). The van der Waals surface area contributed by atoms with Crippen LogP contribution in [0.25, 0.3) is 0 Å². The van der Waals surface area contributed by atoms with E-state index in [4.69, 9.17) is 4.74 Å². The molecule has 0 spiro atoms. The van der Waals surface area contributed by atoms with Crippen LogP contribution in [0.15, 0.2) is 23.1 Å². The van der Waals surface area contributed by atoms with Gasteiger partial charge in [-0.05, 0) is 25.8 Å². The van der Waals surface area contributed by atoms with E-state index in [1.165, 1.54) is 18.3 Å². The van der Waals surface area contributed by atoms with Crippen molar-refractivity contribution in [3.05, 3.63) is 34.2 Å². The van der Waals surface area contributed by atoms with Crippen molar-refractivity contribution in [1.29, 1.82) is 0 Å². The van der Waals surface area contributed by atoms with Crippen LogP contribution < -0.4 is 10.9 Å². The normalized spacial score (nSPS) is 22.9. The quantitative estimate of drug-likeness (QED) is 0.807. The van der Waals surface area contributed by atoms with E-state index < -0.39 is 0 Å². The molecule has 0 aliphatic heterocycles. The summed E-state index contributed by atoms with van der Waals surface area (Å²) in [6.45, 7) is 2.68. The highest BCUT2D eigenvalue weighted by molar-refractivity contribution is 5.94. The van der Waals surface area contributed by atoms with E-state index in [0.29, 0.717) is 12.2 Å². The third kappa shape index (κ3) is 2.94. The molecule has 92 valence electrons. The van der Waals surface area contributed by atoms with Crippen molar-refractivity contribution in [3.8, 4) is 0 Å². The molecule has 0 atom stereocenters. The summed E-state index contributed by atoms with van der Waals surface area (Å²) in [4.78, 5) is 25.1. The standard InChI is InChI=1S/C12H16N2O3/c1-2-17-10-5-9(6-10)14-12(16)8-3-4-11(15)13-7-8/h3-4,7,9-10H,2,5-6H2,1H3,(H,13,15)(H,14,16). The Kier molecular flexibility index (Phi) is 3.58. The monoisotopic (exact) mass is 236 g/mol. The number of hydrogen-bond donors (Lipinski definition) is 2. The molecular formula is C12H16N2O3. The summed E-state index contributed by atoms with van der Waals surface area (Å²) < 4.78 is 5.41. The van der Waals surface area contributed by atoms with Gasteiger partial charge in [-0.2, -0.15) is 0 Å². The SMILES string of the molecule is CCOC1CC(NC(=O)c2ccc(=O)[nH]c2)C1. The van der Waals surface area contributed by atoms with Crippen molar-refractivity contribution in [2.24, 2.45) is 0 Å². The van der Waals surface area contributed by atoms with Crippen LogP contribution in [0.5, 0.6) is 0 Å². The van der Waals surface area contributed by atoms with Crippen LogP contribution >= 0.6 is 0 Å². The van der Waals surface area contributed by atoms with E-state index in [9.17, 15) is 9.59 Å². The molecule has 1 heterocycles. The fourth-order valence-electron chi connectivity index (χ4n) is 1.88. The van der Waals surface area contributed by atoms with Gasteiger partial charge in [0, 0.05) is 24.9 Å². The topological polar surface area (TPSA) is 71.2 Å². The zero-order chi connectivity index (χ0) is 12.3. The number of hydrogen-bond acceptors (Lipinski definition) is 3. The Morgan fingerprint density at radius 1 is 1.53 bits per heavy atom. The molecule has 1 aromatic rings. The molecule has 1 saturated carbocycles. The molecule has 5 heteroatoms. The average Bonchev–Trinajstić information content (AvgIpc) is 2.27. The number of carbonyl (C=O) groups excluding carboxylic acids is 1. The number of ether oxygens (including phenoxy) is 1. The lowest BCUT2D eigenvalue weighted by atomic mass is 9.89. The molecule has 5 nitrogen and oxygen atoms in total. The van der Waals surface area contributed by atoms with Gasteiger partial charge in [0.2, 0.25) is 5.56 Å². The van der Waals surface area contributed by atoms with Gasteiger partial charge in [-0.1, -0.05) is 0 Å². The summed E-state index contributed by atoms with van der Waals surface area (Å²) in [5.74, 6) is -0.152. The first-order valence-electron chi connectivity index (χ1n) is 5.80. The van der Waals surface area contributed by atoms with Crippen molar-refractivity contribution in [2.45, 2.75) is 31.9 Å². The van der Waals surface area contributed by atoms with E-state index >= 15 is 0 Å². The maximum absolute atomic E-state index is 11.7. The molecule has 1 aliphatic carbocycles. The van der Waals surface area contributed by atoms with Gasteiger partial charge < -0.3 is 15.0 Å². The highest BCUT2D eigenvalue weighted by atomic mass is 16.5. The minimum Gasteiger partial charge on any atom is -0.378 e. The molecule has 1 aromatic heterocycles. The summed E-state index contributed by atoms with van der Waals surface area (Å²) in [5, 5.41) is 2.90. The molecule has 1 fully saturated rings. The first-order valence-corrected chi connectivity index (χ1v) is 5.80. The Morgan fingerprint density at radius 2 is 2.29 bits per heavy atom. The number of H-pyrrole nitrogens is 1. The fourth-order valence-corrected chi connectivity index (χ4v) is 1.88. The van der Waals surface area contributed by atoms with Gasteiger partial charge in [-0.15, -0.1) is 0 Å². The lowest BCUT2D eigenvalue weighted by Crippen LogP contribution is -2.47. The number of rotatable bonds is 4. The van der Waals surface area contributed by atoms with Crippen LogP contribution in [-0.4, -0.2) is 29.6 Å². The second-order valence-corrected chi connectivity index (χ2v) is 4.16. The summed E-state index contributed by atoms with van der Waals surface area (Å²) in [5.41, 5.74) is 0.270. The summed E-state index contributed by atoms with van der Waals surface area (Å²) >= 11 is 0. The predicted octanol–water partition coefficient (Wildman–Crippen LogP) is 0.672. The minimum atomic E-state index is -0.207. The van der Waals surface area contributed by atoms with Crippen LogP contribution in [-0.2, 0) is 4.74 Å². The largest absolute Gasteiger partial charge is 0.378 e. The Morgan fingerprint density at radius 3 is 2.88 bits per heavy atom. The van der Waals surface area contributed by atoms with Gasteiger partial charge in [-0.3, -0.25) is 9.59 Å². The second-order valence-electron chi connectivity index (χ2n) is 4.16. The molecule has 0 radical (unpaired) electrons. The Hall–Kier alpha value is -1.62. The number of carbonyl (C=O) groups is 1. The Labute approximate surface area is 99.2 Å². The molecular weight excluding hydrogens is 220 g/mol. The van der Waals surface area contributed by atoms with E-state index in [2.05, 4.69) is 10.3 Å². The van der Waals surface area contributed by atoms with Gasteiger partial charge in [0.15, 0.2) is 0 Å². The van der Waals surface area contributed by atoms with Crippen LogP contribution in [0.2, 0.25) is 0 Å². The zero-order valence-electron chi connectivity index (χ0n) is 9.73. The predicted molar refractivity (Wildman–Crippen MR) is 63.0 cm³/mol. The highest BCUT2D eigenvalue weighted by Gasteiger charge is 2.30. The maximum Gasteiger partial charge on any atom is 0.252 e. The second kappa shape index (κ2) is 5.14.